The van der Waals surface area contributed by atoms with Crippen molar-refractivity contribution in [1.29, 1.82) is 0 Å². The zero-order valence-electron chi connectivity index (χ0n) is 23.2. The summed E-state index contributed by atoms with van der Waals surface area (Å²) in [6.45, 7) is 8.34. The van der Waals surface area contributed by atoms with E-state index in [-0.39, 0.29) is 23.3 Å². The number of esters is 1. The number of likely N-dealkylation sites (tertiary alicyclic amines) is 1. The lowest BCUT2D eigenvalue weighted by Crippen LogP contribution is -2.56. The molecule has 0 aromatic heterocycles. The molecule has 0 unspecified atom stereocenters. The molecule has 0 N–H and O–H groups in total. The van der Waals surface area contributed by atoms with Crippen molar-refractivity contribution in [3.63, 3.8) is 0 Å². The van der Waals surface area contributed by atoms with Crippen LogP contribution in [0.15, 0.2) is 67.3 Å². The van der Waals surface area contributed by atoms with E-state index in [2.05, 4.69) is 53.9 Å². The molecule has 3 atom stereocenters. The quantitative estimate of drug-likeness (QED) is 0.155. The molecule has 204 valence electrons. The maximum absolute atomic E-state index is 13.2. The molecular formula is C33H44N2O3. The number of hydrogen-bond acceptors (Lipinski definition) is 4. The normalized spacial score (nSPS) is 23.3. The van der Waals surface area contributed by atoms with E-state index in [9.17, 15) is 9.59 Å². The Bertz CT molecular complexity index is 1080. The summed E-state index contributed by atoms with van der Waals surface area (Å²) in [5.41, 5.74) is 2.59. The number of benzene rings is 2. The predicted molar refractivity (Wildman–Crippen MR) is 153 cm³/mol. The van der Waals surface area contributed by atoms with Crippen LogP contribution in [0, 0.1) is 5.92 Å². The number of amides is 1. The summed E-state index contributed by atoms with van der Waals surface area (Å²) in [4.78, 5) is 29.4. The van der Waals surface area contributed by atoms with Gasteiger partial charge in [0.05, 0.1) is 0 Å². The first-order valence-corrected chi connectivity index (χ1v) is 14.3. The number of piperidine rings is 1. The van der Waals surface area contributed by atoms with E-state index >= 15 is 0 Å². The molecular weight excluding hydrogens is 472 g/mol. The highest BCUT2D eigenvalue weighted by molar-refractivity contribution is 5.76. The summed E-state index contributed by atoms with van der Waals surface area (Å²) in [7, 11) is 2.01. The molecule has 1 amide bonds. The van der Waals surface area contributed by atoms with Crippen LogP contribution in [0.3, 0.4) is 0 Å². The molecule has 1 saturated heterocycles. The van der Waals surface area contributed by atoms with Crippen molar-refractivity contribution in [2.24, 2.45) is 5.92 Å². The Hall–Kier alpha value is -2.92. The van der Waals surface area contributed by atoms with Crippen LogP contribution in [0.2, 0.25) is 0 Å². The average molecular weight is 517 g/mol. The van der Waals surface area contributed by atoms with Gasteiger partial charge in [0.15, 0.2) is 0 Å². The maximum atomic E-state index is 13.2. The van der Waals surface area contributed by atoms with E-state index in [1.807, 2.05) is 30.2 Å². The fraction of sp³-hybridized carbons (Fsp3) is 0.515. The zero-order chi connectivity index (χ0) is 27.0. The summed E-state index contributed by atoms with van der Waals surface area (Å²) in [6, 6.07) is 18.9. The van der Waals surface area contributed by atoms with E-state index in [1.165, 1.54) is 18.1 Å². The molecule has 1 aliphatic heterocycles. The molecule has 2 aromatic rings. The van der Waals surface area contributed by atoms with Crippen LogP contribution in [0.25, 0.3) is 0 Å². The Morgan fingerprint density at radius 1 is 1.11 bits per heavy atom. The van der Waals surface area contributed by atoms with Gasteiger partial charge in [-0.25, -0.2) is 0 Å². The van der Waals surface area contributed by atoms with Crippen LogP contribution in [-0.4, -0.2) is 54.4 Å². The lowest BCUT2D eigenvalue weighted by atomic mass is 9.57. The molecule has 2 aliphatic rings. The second-order valence-electron chi connectivity index (χ2n) is 11.3. The first kappa shape index (κ1) is 28.1. The van der Waals surface area contributed by atoms with Gasteiger partial charge in [-0.15, -0.1) is 6.58 Å². The first-order chi connectivity index (χ1) is 18.4. The van der Waals surface area contributed by atoms with E-state index < -0.39 is 0 Å². The van der Waals surface area contributed by atoms with E-state index in [4.69, 9.17) is 4.74 Å². The Kier molecular flexibility index (Phi) is 9.79. The van der Waals surface area contributed by atoms with Gasteiger partial charge < -0.3 is 9.64 Å². The molecule has 2 fully saturated rings. The molecule has 1 heterocycles. The fourth-order valence-corrected chi connectivity index (χ4v) is 6.71. The number of carbonyl (C=O) groups excluding carboxylic acids is 2. The second kappa shape index (κ2) is 13.2. The molecule has 1 saturated carbocycles. The van der Waals surface area contributed by atoms with Crippen molar-refractivity contribution >= 4 is 11.9 Å². The third-order valence-electron chi connectivity index (χ3n) is 8.78. The van der Waals surface area contributed by atoms with Crippen molar-refractivity contribution in [3.05, 3.63) is 78.4 Å². The number of fused-ring (bicyclic) bond motifs is 1. The molecule has 0 radical (unpaired) electrons. The fourth-order valence-electron chi connectivity index (χ4n) is 6.71. The van der Waals surface area contributed by atoms with Crippen LogP contribution in [-0.2, 0) is 21.4 Å². The van der Waals surface area contributed by atoms with Gasteiger partial charge in [0.1, 0.15) is 5.75 Å². The minimum Gasteiger partial charge on any atom is -0.427 e. The van der Waals surface area contributed by atoms with Gasteiger partial charge in [0.2, 0.25) is 5.91 Å². The van der Waals surface area contributed by atoms with Gasteiger partial charge in [0, 0.05) is 44.9 Å². The largest absolute Gasteiger partial charge is 0.427 e. The third kappa shape index (κ3) is 6.93. The van der Waals surface area contributed by atoms with Crippen LogP contribution >= 0.6 is 0 Å². The highest BCUT2D eigenvalue weighted by Gasteiger charge is 2.49. The van der Waals surface area contributed by atoms with Gasteiger partial charge in [-0.3, -0.25) is 14.5 Å². The first-order valence-electron chi connectivity index (χ1n) is 14.3. The molecule has 38 heavy (non-hydrogen) atoms. The number of nitrogens with zero attached hydrogens (tertiary/aromatic N) is 2. The minimum atomic E-state index is -0.298. The van der Waals surface area contributed by atoms with E-state index in [0.29, 0.717) is 18.1 Å². The molecule has 4 rings (SSSR count). The number of carbonyl (C=O) groups is 2. The Balaban J connectivity index is 1.41. The van der Waals surface area contributed by atoms with Gasteiger partial charge in [0.25, 0.3) is 0 Å². The highest BCUT2D eigenvalue weighted by Crippen LogP contribution is 2.50. The molecule has 5 heteroatoms. The van der Waals surface area contributed by atoms with Crippen molar-refractivity contribution in [2.45, 2.75) is 76.2 Å². The van der Waals surface area contributed by atoms with Gasteiger partial charge >= 0.3 is 5.97 Å². The summed E-state index contributed by atoms with van der Waals surface area (Å²) < 4.78 is 5.46. The molecule has 0 bridgehead atoms. The lowest BCUT2D eigenvalue weighted by molar-refractivity contribution is -0.134. The van der Waals surface area contributed by atoms with Crippen molar-refractivity contribution in [1.82, 2.24) is 9.80 Å². The zero-order valence-corrected chi connectivity index (χ0v) is 23.2. The molecule has 1 aliphatic carbocycles. The summed E-state index contributed by atoms with van der Waals surface area (Å²) in [5.74, 6) is 1.08. The minimum absolute atomic E-state index is 0.0268. The number of rotatable bonds is 11. The highest BCUT2D eigenvalue weighted by atomic mass is 16.5. The summed E-state index contributed by atoms with van der Waals surface area (Å²) >= 11 is 0. The van der Waals surface area contributed by atoms with Crippen molar-refractivity contribution in [2.75, 3.05) is 26.7 Å². The van der Waals surface area contributed by atoms with Crippen LogP contribution in [0.5, 0.6) is 5.75 Å². The van der Waals surface area contributed by atoms with Gasteiger partial charge in [-0.05, 0) is 80.7 Å². The average Bonchev–Trinajstić information content (AvgIpc) is 2.92. The predicted octanol–water partition coefficient (Wildman–Crippen LogP) is 6.17. The topological polar surface area (TPSA) is 49.9 Å². The standard InChI is InChI=1S/C33H44N2O3/c1-4-21-35-22-20-33(28-15-11-16-31(23-28)38-26(2)36)24-30(19-18-29(33)25-35)34(3)32(37)17-10-6-9-14-27-12-7-5-8-13-27/h4-5,7-8,11-13,15-16,23,29-30H,1,6,9-10,14,17-22,24-25H2,2-3H3/t29-,30+,33+/m1/s1. The van der Waals surface area contributed by atoms with Crippen molar-refractivity contribution in [3.8, 4) is 5.75 Å². The number of ether oxygens (including phenoxy) is 1. The van der Waals surface area contributed by atoms with Crippen LogP contribution in [0.1, 0.15) is 69.4 Å². The Morgan fingerprint density at radius 2 is 1.92 bits per heavy atom. The van der Waals surface area contributed by atoms with Gasteiger partial charge in [-0.1, -0.05) is 55.0 Å². The molecule has 0 spiro atoms. The molecule has 5 nitrogen and oxygen atoms in total. The summed E-state index contributed by atoms with van der Waals surface area (Å²) in [5, 5.41) is 0. The SMILES string of the molecule is C=CCN1CC[C@@]2(c3cccc(OC(C)=O)c3)C[C@@H](N(C)C(=O)CCCCCc3ccccc3)CC[C@@H]2C1. The number of unbranched alkanes of at least 4 members (excludes halogenated alkanes) is 2. The number of hydrogen-bond donors (Lipinski definition) is 0. The van der Waals surface area contributed by atoms with Crippen LogP contribution in [0.4, 0.5) is 0 Å². The van der Waals surface area contributed by atoms with Gasteiger partial charge in [-0.2, -0.15) is 0 Å². The monoisotopic (exact) mass is 516 g/mol. The third-order valence-corrected chi connectivity index (χ3v) is 8.78. The molecule has 2 aromatic carbocycles. The maximum Gasteiger partial charge on any atom is 0.308 e. The smallest absolute Gasteiger partial charge is 0.308 e. The van der Waals surface area contributed by atoms with E-state index in [1.54, 1.807) is 0 Å². The summed E-state index contributed by atoms with van der Waals surface area (Å²) in [6.07, 6.45) is 10.9. The lowest BCUT2D eigenvalue weighted by Gasteiger charge is -2.54. The number of aryl methyl sites for hydroxylation is 1. The van der Waals surface area contributed by atoms with E-state index in [0.717, 1.165) is 71.0 Å². The van der Waals surface area contributed by atoms with Crippen molar-refractivity contribution < 1.29 is 14.3 Å². The Morgan fingerprint density at radius 3 is 2.68 bits per heavy atom. The Labute approximate surface area is 228 Å². The van der Waals surface area contributed by atoms with Crippen LogP contribution < -0.4 is 4.74 Å². The second-order valence-corrected chi connectivity index (χ2v) is 11.3.